The van der Waals surface area contributed by atoms with Crippen molar-refractivity contribution in [1.82, 2.24) is 0 Å². The van der Waals surface area contributed by atoms with E-state index in [0.717, 1.165) is 17.8 Å². The number of carbonyl (C=O) groups is 1. The number of amides is 1. The highest BCUT2D eigenvalue weighted by Gasteiger charge is 2.18. The van der Waals surface area contributed by atoms with Crippen LogP contribution in [0.5, 0.6) is 0 Å². The summed E-state index contributed by atoms with van der Waals surface area (Å²) in [5, 5.41) is 3.96. The highest BCUT2D eigenvalue weighted by Crippen LogP contribution is 2.29. The maximum atomic E-state index is 12.3. The molecule has 6 heteroatoms. The van der Waals surface area contributed by atoms with Crippen LogP contribution in [0, 0.1) is 0 Å². The first kappa shape index (κ1) is 21.5. The minimum atomic E-state index is -0.220. The number of rotatable bonds is 5. The Kier molecular flexibility index (Phi) is 6.69. The van der Waals surface area contributed by atoms with Crippen LogP contribution in [0.2, 0.25) is 10.0 Å². The molecule has 0 radical (unpaired) electrons. The predicted octanol–water partition coefficient (Wildman–Crippen LogP) is 7.28. The fraction of sp³-hybridized carbons (Fsp3) is 0.240. The molecule has 1 aromatic heterocycles. The lowest BCUT2D eigenvalue weighted by Gasteiger charge is -2.35. The zero-order chi connectivity index (χ0) is 21.8. The molecule has 1 saturated heterocycles. The van der Waals surface area contributed by atoms with Gasteiger partial charge in [0.25, 0.3) is 0 Å². The standard InChI is InChI=1S/C25H24Cl2N2O2/c1-17-4-2-3-13-29(17)22-7-5-21(6-8-22)28-25(30)12-10-23-9-11-24(31-23)18-14-19(26)16-20(27)15-18/h5-12,14-17H,2-4,13H2,1H3,(H,28,30)/b12-10+/t17-/m1/s1. The highest BCUT2D eigenvalue weighted by atomic mass is 35.5. The molecule has 0 spiro atoms. The van der Waals surface area contributed by atoms with E-state index in [1.807, 2.05) is 18.2 Å². The molecule has 4 nitrogen and oxygen atoms in total. The fourth-order valence-corrected chi connectivity index (χ4v) is 4.38. The van der Waals surface area contributed by atoms with Crippen LogP contribution in [0.15, 0.2) is 65.1 Å². The Labute approximate surface area is 192 Å². The zero-order valence-electron chi connectivity index (χ0n) is 17.3. The van der Waals surface area contributed by atoms with Crippen LogP contribution in [0.25, 0.3) is 17.4 Å². The molecule has 0 saturated carbocycles. The van der Waals surface area contributed by atoms with Gasteiger partial charge in [-0.05, 0) is 86.9 Å². The fourth-order valence-electron chi connectivity index (χ4n) is 3.85. The topological polar surface area (TPSA) is 45.5 Å². The smallest absolute Gasteiger partial charge is 0.248 e. The summed E-state index contributed by atoms with van der Waals surface area (Å²) in [6.07, 6.45) is 6.83. The van der Waals surface area contributed by atoms with Crippen LogP contribution >= 0.6 is 23.2 Å². The van der Waals surface area contributed by atoms with Gasteiger partial charge in [-0.3, -0.25) is 4.79 Å². The molecule has 2 aromatic carbocycles. The molecule has 0 aliphatic carbocycles. The minimum absolute atomic E-state index is 0.220. The summed E-state index contributed by atoms with van der Waals surface area (Å²) in [5.41, 5.74) is 2.74. The average molecular weight is 455 g/mol. The van der Waals surface area contributed by atoms with Gasteiger partial charge in [-0.2, -0.15) is 0 Å². The molecule has 1 fully saturated rings. The lowest BCUT2D eigenvalue weighted by Crippen LogP contribution is -2.37. The van der Waals surface area contributed by atoms with E-state index in [2.05, 4.69) is 29.3 Å². The molecule has 0 unspecified atom stereocenters. The Balaban J connectivity index is 1.37. The van der Waals surface area contributed by atoms with Crippen LogP contribution in [0.1, 0.15) is 31.9 Å². The van der Waals surface area contributed by atoms with Crippen molar-refractivity contribution >= 4 is 46.6 Å². The van der Waals surface area contributed by atoms with E-state index < -0.39 is 0 Å². The summed E-state index contributed by atoms with van der Waals surface area (Å²) in [5.74, 6) is 0.977. The first-order valence-corrected chi connectivity index (χ1v) is 11.2. The second-order valence-electron chi connectivity index (χ2n) is 7.77. The summed E-state index contributed by atoms with van der Waals surface area (Å²) >= 11 is 12.1. The SMILES string of the molecule is C[C@@H]1CCCCN1c1ccc(NC(=O)/C=C/c2ccc(-c3cc(Cl)cc(Cl)c3)o2)cc1. The lowest BCUT2D eigenvalue weighted by molar-refractivity contribution is -0.111. The number of hydrogen-bond acceptors (Lipinski definition) is 3. The summed E-state index contributed by atoms with van der Waals surface area (Å²) in [6.45, 7) is 3.35. The Morgan fingerprint density at radius 2 is 1.81 bits per heavy atom. The van der Waals surface area contributed by atoms with Gasteiger partial charge in [0.15, 0.2) is 0 Å². The molecule has 1 amide bonds. The number of nitrogens with zero attached hydrogens (tertiary/aromatic N) is 1. The first-order chi connectivity index (χ1) is 15.0. The molecule has 1 aliphatic heterocycles. The van der Waals surface area contributed by atoms with Gasteiger partial charge in [-0.1, -0.05) is 23.2 Å². The zero-order valence-corrected chi connectivity index (χ0v) is 18.8. The third-order valence-electron chi connectivity index (χ3n) is 5.44. The Hall–Kier alpha value is -2.69. The van der Waals surface area contributed by atoms with Crippen molar-refractivity contribution in [3.63, 3.8) is 0 Å². The number of furan rings is 1. The number of nitrogens with one attached hydrogen (secondary N) is 1. The van der Waals surface area contributed by atoms with Crippen molar-refractivity contribution in [1.29, 1.82) is 0 Å². The molecule has 0 bridgehead atoms. The third kappa shape index (κ3) is 5.52. The van der Waals surface area contributed by atoms with Gasteiger partial charge in [-0.25, -0.2) is 0 Å². The molecule has 1 atom stereocenters. The van der Waals surface area contributed by atoms with E-state index in [4.69, 9.17) is 27.6 Å². The number of carbonyl (C=O) groups excluding carboxylic acids is 1. The van der Waals surface area contributed by atoms with Crippen molar-refractivity contribution in [2.24, 2.45) is 0 Å². The second-order valence-corrected chi connectivity index (χ2v) is 8.64. The molecule has 3 aromatic rings. The quantitative estimate of drug-likeness (QED) is 0.411. The monoisotopic (exact) mass is 454 g/mol. The Bertz CT molecular complexity index is 1070. The van der Waals surface area contributed by atoms with E-state index in [-0.39, 0.29) is 5.91 Å². The van der Waals surface area contributed by atoms with Gasteiger partial charge in [0.05, 0.1) is 0 Å². The van der Waals surface area contributed by atoms with Gasteiger partial charge in [0.1, 0.15) is 11.5 Å². The van der Waals surface area contributed by atoms with Crippen molar-refractivity contribution < 1.29 is 9.21 Å². The van der Waals surface area contributed by atoms with E-state index in [0.29, 0.717) is 27.6 Å². The molecule has 1 aliphatic rings. The van der Waals surface area contributed by atoms with Gasteiger partial charge in [0.2, 0.25) is 5.91 Å². The molecule has 160 valence electrons. The predicted molar refractivity (Wildman–Crippen MR) is 129 cm³/mol. The Morgan fingerprint density at radius 1 is 1.06 bits per heavy atom. The molecule has 1 N–H and O–H groups in total. The van der Waals surface area contributed by atoms with Crippen molar-refractivity contribution in [3.8, 4) is 11.3 Å². The third-order valence-corrected chi connectivity index (χ3v) is 5.88. The second kappa shape index (κ2) is 9.63. The van der Waals surface area contributed by atoms with E-state index in [1.54, 1.807) is 30.3 Å². The van der Waals surface area contributed by atoms with Crippen LogP contribution in [0.3, 0.4) is 0 Å². The van der Waals surface area contributed by atoms with Crippen LogP contribution in [0.4, 0.5) is 11.4 Å². The van der Waals surface area contributed by atoms with Crippen LogP contribution in [-0.4, -0.2) is 18.5 Å². The first-order valence-electron chi connectivity index (χ1n) is 10.4. The number of piperidine rings is 1. The summed E-state index contributed by atoms with van der Waals surface area (Å²) in [4.78, 5) is 14.7. The van der Waals surface area contributed by atoms with Crippen molar-refractivity contribution in [2.75, 3.05) is 16.8 Å². The van der Waals surface area contributed by atoms with E-state index in [1.165, 1.54) is 31.0 Å². The van der Waals surface area contributed by atoms with Gasteiger partial charge >= 0.3 is 0 Å². The van der Waals surface area contributed by atoms with Gasteiger partial charge in [0, 0.05) is 45.6 Å². The van der Waals surface area contributed by atoms with Crippen LogP contribution in [-0.2, 0) is 4.79 Å². The minimum Gasteiger partial charge on any atom is -0.457 e. The van der Waals surface area contributed by atoms with E-state index in [9.17, 15) is 4.79 Å². The highest BCUT2D eigenvalue weighted by molar-refractivity contribution is 6.35. The van der Waals surface area contributed by atoms with Gasteiger partial charge < -0.3 is 14.6 Å². The largest absolute Gasteiger partial charge is 0.457 e. The summed E-state index contributed by atoms with van der Waals surface area (Å²) in [6, 6.07) is 17.4. The molecule has 4 rings (SSSR count). The molecular weight excluding hydrogens is 431 g/mol. The maximum absolute atomic E-state index is 12.3. The Morgan fingerprint density at radius 3 is 2.52 bits per heavy atom. The number of benzene rings is 2. The maximum Gasteiger partial charge on any atom is 0.248 e. The van der Waals surface area contributed by atoms with Crippen LogP contribution < -0.4 is 10.2 Å². The molecule has 2 heterocycles. The van der Waals surface area contributed by atoms with Crippen molar-refractivity contribution in [2.45, 2.75) is 32.2 Å². The number of anilines is 2. The molecular formula is C25H24Cl2N2O2. The molecule has 31 heavy (non-hydrogen) atoms. The van der Waals surface area contributed by atoms with Crippen molar-refractivity contribution in [3.05, 3.63) is 76.5 Å². The lowest BCUT2D eigenvalue weighted by atomic mass is 10.0. The average Bonchev–Trinajstić information content (AvgIpc) is 3.22. The number of halogens is 2. The van der Waals surface area contributed by atoms with E-state index >= 15 is 0 Å². The normalized spacial score (nSPS) is 16.6. The van der Waals surface area contributed by atoms with Gasteiger partial charge in [-0.15, -0.1) is 0 Å². The summed E-state index contributed by atoms with van der Waals surface area (Å²) in [7, 11) is 0. The number of hydrogen-bond donors (Lipinski definition) is 1. The summed E-state index contributed by atoms with van der Waals surface area (Å²) < 4.78 is 5.78.